The highest BCUT2D eigenvalue weighted by Gasteiger charge is 2.38. The summed E-state index contributed by atoms with van der Waals surface area (Å²) in [5.41, 5.74) is 0.798. The number of sulfonamides is 1. The normalized spacial score (nSPS) is 17.7. The molecule has 0 bridgehead atoms. The summed E-state index contributed by atoms with van der Waals surface area (Å²) < 4.78 is 59.7. The monoisotopic (exact) mass is 629 g/mol. The fourth-order valence-corrected chi connectivity index (χ4v) is 6.08. The molecule has 0 amide bonds. The number of fused-ring (bicyclic) bond motifs is 1. The molecule has 1 fully saturated rings. The van der Waals surface area contributed by atoms with Gasteiger partial charge in [0, 0.05) is 24.0 Å². The summed E-state index contributed by atoms with van der Waals surface area (Å²) in [5.74, 6) is -0.471. The van der Waals surface area contributed by atoms with Gasteiger partial charge in [0.15, 0.2) is 0 Å². The Hall–Kier alpha value is -3.16. The molecule has 230 valence electrons. The molecule has 0 spiro atoms. The van der Waals surface area contributed by atoms with Gasteiger partial charge in [-0.25, -0.2) is 22.9 Å². The van der Waals surface area contributed by atoms with E-state index in [2.05, 4.69) is 36.1 Å². The minimum Gasteiger partial charge on any atom is -0.475 e. The van der Waals surface area contributed by atoms with Crippen molar-refractivity contribution < 1.29 is 31.5 Å². The van der Waals surface area contributed by atoms with Crippen LogP contribution in [-0.2, 0) is 14.8 Å². The number of aliphatic carboxylic acids is 1. The number of alkyl halides is 3. The van der Waals surface area contributed by atoms with Crippen LogP contribution in [0.3, 0.4) is 0 Å². The summed E-state index contributed by atoms with van der Waals surface area (Å²) in [6, 6.07) is 14.6. The first-order valence-electron chi connectivity index (χ1n) is 13.4. The second kappa shape index (κ2) is 13.9. The first-order valence-corrected chi connectivity index (χ1v) is 15.2. The topological polar surface area (TPSA) is 133 Å². The molecule has 9 nitrogen and oxygen atoms in total. The molecule has 1 aliphatic carbocycles. The van der Waals surface area contributed by atoms with Crippen molar-refractivity contribution in [2.24, 2.45) is 11.8 Å². The summed E-state index contributed by atoms with van der Waals surface area (Å²) in [5, 5.41) is 15.3. The molecule has 1 aliphatic rings. The molecule has 0 atom stereocenters. The van der Waals surface area contributed by atoms with Crippen LogP contribution in [0.15, 0.2) is 53.4 Å². The summed E-state index contributed by atoms with van der Waals surface area (Å²) in [6.45, 7) is 7.58. The summed E-state index contributed by atoms with van der Waals surface area (Å²) in [7, 11) is -3.60. The van der Waals surface area contributed by atoms with Crippen LogP contribution in [0.4, 0.5) is 24.9 Å². The highest BCUT2D eigenvalue weighted by molar-refractivity contribution is 7.89. The van der Waals surface area contributed by atoms with Crippen LogP contribution in [0.25, 0.3) is 10.9 Å². The third-order valence-corrected chi connectivity index (χ3v) is 8.47. The number of anilines is 2. The van der Waals surface area contributed by atoms with Crippen molar-refractivity contribution >= 4 is 50.3 Å². The maximum Gasteiger partial charge on any atom is 0.490 e. The number of rotatable bonds is 8. The number of hydrogen-bond acceptors (Lipinski definition) is 7. The van der Waals surface area contributed by atoms with Gasteiger partial charge in [0.2, 0.25) is 16.0 Å². The number of halogens is 4. The first kappa shape index (κ1) is 33.3. The van der Waals surface area contributed by atoms with Crippen molar-refractivity contribution in [1.29, 1.82) is 0 Å². The highest BCUT2D eigenvalue weighted by atomic mass is 35.5. The van der Waals surface area contributed by atoms with E-state index >= 15 is 0 Å². The van der Waals surface area contributed by atoms with Crippen molar-refractivity contribution in [2.45, 2.75) is 63.1 Å². The van der Waals surface area contributed by atoms with Gasteiger partial charge < -0.3 is 15.7 Å². The second-order valence-electron chi connectivity index (χ2n) is 11.1. The lowest BCUT2D eigenvalue weighted by molar-refractivity contribution is -0.192. The van der Waals surface area contributed by atoms with E-state index in [4.69, 9.17) is 31.5 Å². The molecular formula is C28H35ClF3N5O4S. The number of carboxylic acids is 1. The Morgan fingerprint density at radius 3 is 2.07 bits per heavy atom. The van der Waals surface area contributed by atoms with Crippen molar-refractivity contribution in [2.75, 3.05) is 23.7 Å². The predicted octanol–water partition coefficient (Wildman–Crippen LogP) is 6.32. The molecule has 0 radical (unpaired) electrons. The fourth-order valence-electron chi connectivity index (χ4n) is 4.45. The summed E-state index contributed by atoms with van der Waals surface area (Å²) in [4.78, 5) is 18.5. The molecule has 2 aromatic carbocycles. The Morgan fingerprint density at radius 1 is 0.952 bits per heavy atom. The zero-order valence-corrected chi connectivity index (χ0v) is 25.1. The maximum atomic E-state index is 12.6. The van der Waals surface area contributed by atoms with E-state index in [-0.39, 0.29) is 15.5 Å². The Kier molecular flexibility index (Phi) is 11.0. The molecule has 3 aromatic rings. The average Bonchev–Trinajstić information content (AvgIpc) is 2.90. The van der Waals surface area contributed by atoms with Crippen LogP contribution in [0.2, 0.25) is 5.02 Å². The Labute approximate surface area is 248 Å². The van der Waals surface area contributed by atoms with Crippen LogP contribution in [0.5, 0.6) is 0 Å². The van der Waals surface area contributed by atoms with E-state index in [1.54, 1.807) is 18.2 Å². The molecule has 4 rings (SSSR count). The lowest BCUT2D eigenvalue weighted by Crippen LogP contribution is -2.32. The SMILES string of the molecule is CC(C)(C)Nc1nc(NCC2CCC(CNS(=O)(=O)c3ccccc3Cl)CC2)nc2ccccc12.O=C(O)C(F)(F)F. The third-order valence-electron chi connectivity index (χ3n) is 6.54. The third kappa shape index (κ3) is 9.99. The number of carboxylic acid groups (broad SMARTS) is 1. The zero-order valence-electron chi connectivity index (χ0n) is 23.5. The molecule has 42 heavy (non-hydrogen) atoms. The Balaban J connectivity index is 0.000000616. The van der Waals surface area contributed by atoms with Gasteiger partial charge in [-0.2, -0.15) is 18.2 Å². The standard InChI is InChI=1S/C26H34ClN5O2S.C2HF3O2/c1-26(2,3)32-24-20-8-4-6-10-22(20)30-25(31-24)28-16-18-12-14-19(15-13-18)17-29-35(33,34)23-11-7-5-9-21(23)27;3-2(4,5)1(6)7/h4-11,18-19,29H,12-17H2,1-3H3,(H2,28,30,31,32);(H,6,7). The van der Waals surface area contributed by atoms with Gasteiger partial charge in [-0.3, -0.25) is 0 Å². The number of nitrogens with one attached hydrogen (secondary N) is 3. The number of benzene rings is 2. The lowest BCUT2D eigenvalue weighted by atomic mass is 9.82. The molecule has 0 unspecified atom stereocenters. The molecule has 1 aromatic heterocycles. The molecule has 4 N–H and O–H groups in total. The summed E-state index contributed by atoms with van der Waals surface area (Å²) >= 11 is 6.07. The van der Waals surface area contributed by atoms with E-state index < -0.39 is 22.2 Å². The van der Waals surface area contributed by atoms with Gasteiger partial charge in [-0.1, -0.05) is 35.9 Å². The van der Waals surface area contributed by atoms with Crippen LogP contribution >= 0.6 is 11.6 Å². The van der Waals surface area contributed by atoms with E-state index in [1.165, 1.54) is 6.07 Å². The quantitative estimate of drug-likeness (QED) is 0.227. The number of carbonyl (C=O) groups is 1. The fraction of sp³-hybridized carbons (Fsp3) is 0.464. The number of aromatic nitrogens is 2. The average molecular weight is 630 g/mol. The van der Waals surface area contributed by atoms with Crippen molar-refractivity contribution in [3.05, 3.63) is 53.6 Å². The van der Waals surface area contributed by atoms with Gasteiger partial charge in [-0.15, -0.1) is 0 Å². The van der Waals surface area contributed by atoms with Gasteiger partial charge in [0.1, 0.15) is 10.7 Å². The number of para-hydroxylation sites is 1. The van der Waals surface area contributed by atoms with E-state index in [9.17, 15) is 21.6 Å². The minimum absolute atomic E-state index is 0.111. The molecule has 1 heterocycles. The maximum absolute atomic E-state index is 12.6. The smallest absolute Gasteiger partial charge is 0.475 e. The van der Waals surface area contributed by atoms with Crippen molar-refractivity contribution in [3.63, 3.8) is 0 Å². The first-order chi connectivity index (χ1) is 19.5. The van der Waals surface area contributed by atoms with E-state index in [1.807, 2.05) is 24.3 Å². The van der Waals surface area contributed by atoms with Crippen LogP contribution < -0.4 is 15.4 Å². The zero-order chi connectivity index (χ0) is 31.1. The Bertz CT molecular complexity index is 1470. The molecular weight excluding hydrogens is 595 g/mol. The van der Waals surface area contributed by atoms with Gasteiger partial charge in [0.25, 0.3) is 0 Å². The molecule has 0 saturated heterocycles. The highest BCUT2D eigenvalue weighted by Crippen LogP contribution is 2.30. The van der Waals surface area contributed by atoms with Gasteiger partial charge in [-0.05, 0) is 82.6 Å². The molecule has 1 saturated carbocycles. The van der Waals surface area contributed by atoms with Crippen molar-refractivity contribution in [3.8, 4) is 0 Å². The van der Waals surface area contributed by atoms with Gasteiger partial charge >= 0.3 is 12.1 Å². The molecule has 14 heteroatoms. The summed E-state index contributed by atoms with van der Waals surface area (Å²) in [6.07, 6.45) is -1.06. The predicted molar refractivity (Wildman–Crippen MR) is 157 cm³/mol. The van der Waals surface area contributed by atoms with Crippen LogP contribution in [-0.4, -0.2) is 54.3 Å². The number of hydrogen-bond donors (Lipinski definition) is 4. The Morgan fingerprint density at radius 2 is 1.50 bits per heavy atom. The van der Waals surface area contributed by atoms with Gasteiger partial charge in [0.05, 0.1) is 10.5 Å². The molecule has 0 aliphatic heterocycles. The number of nitrogens with zero attached hydrogens (tertiary/aromatic N) is 2. The van der Waals surface area contributed by atoms with Crippen LogP contribution in [0.1, 0.15) is 46.5 Å². The van der Waals surface area contributed by atoms with Crippen LogP contribution in [0, 0.1) is 11.8 Å². The van der Waals surface area contributed by atoms with E-state index in [0.29, 0.717) is 24.3 Å². The minimum atomic E-state index is -5.08. The second-order valence-corrected chi connectivity index (χ2v) is 13.3. The van der Waals surface area contributed by atoms with Crippen molar-refractivity contribution in [1.82, 2.24) is 14.7 Å². The largest absolute Gasteiger partial charge is 0.490 e. The lowest BCUT2D eigenvalue weighted by Gasteiger charge is -2.29. The van der Waals surface area contributed by atoms with E-state index in [0.717, 1.165) is 48.9 Å².